The number of alkyl halides is 3. The quantitative estimate of drug-likeness (QED) is 0.799. The number of nitrogens with one attached hydrogen (secondary N) is 1. The van der Waals surface area contributed by atoms with Gasteiger partial charge in [0.05, 0.1) is 17.1 Å². The minimum atomic E-state index is -4.55. The Labute approximate surface area is 133 Å². The van der Waals surface area contributed by atoms with Crippen LogP contribution < -0.4 is 5.32 Å². The van der Waals surface area contributed by atoms with Crippen molar-refractivity contribution < 1.29 is 18.0 Å². The van der Waals surface area contributed by atoms with Crippen LogP contribution in [0.5, 0.6) is 0 Å². The lowest BCUT2D eigenvalue weighted by Crippen LogP contribution is -2.34. The second-order valence-corrected chi connectivity index (χ2v) is 5.42. The van der Waals surface area contributed by atoms with Crippen LogP contribution in [0.1, 0.15) is 32.3 Å². The molecule has 1 N–H and O–H groups in total. The number of anilines is 1. The van der Waals surface area contributed by atoms with Gasteiger partial charge in [-0.15, -0.1) is 0 Å². The van der Waals surface area contributed by atoms with Gasteiger partial charge in [-0.1, -0.05) is 25.4 Å². The smallest absolute Gasteiger partial charge is 0.325 e. The summed E-state index contributed by atoms with van der Waals surface area (Å²) in [7, 11) is 0. The third-order valence-electron chi connectivity index (χ3n) is 3.00. The van der Waals surface area contributed by atoms with E-state index in [2.05, 4.69) is 5.32 Å². The molecule has 0 atom stereocenters. The van der Waals surface area contributed by atoms with Crippen molar-refractivity contribution in [3.63, 3.8) is 0 Å². The van der Waals surface area contributed by atoms with Crippen LogP contribution in [0, 0.1) is 0 Å². The Morgan fingerprint density at radius 2 is 1.82 bits per heavy atom. The Balaban J connectivity index is 2.76. The van der Waals surface area contributed by atoms with E-state index < -0.39 is 11.7 Å². The van der Waals surface area contributed by atoms with Crippen molar-refractivity contribution in [3.8, 4) is 0 Å². The Bertz CT molecular complexity index is 500. The number of hydrogen-bond donors (Lipinski definition) is 1. The topological polar surface area (TPSA) is 32.3 Å². The molecule has 1 amide bonds. The van der Waals surface area contributed by atoms with E-state index in [9.17, 15) is 18.0 Å². The first-order valence-corrected chi connectivity index (χ1v) is 7.54. The first-order chi connectivity index (χ1) is 10.3. The van der Waals surface area contributed by atoms with Crippen LogP contribution in [0.15, 0.2) is 18.2 Å². The maximum Gasteiger partial charge on any atom is 0.417 e. The van der Waals surface area contributed by atoms with Crippen LogP contribution in [0.2, 0.25) is 5.02 Å². The number of halogens is 4. The zero-order valence-corrected chi connectivity index (χ0v) is 13.4. The third-order valence-corrected chi connectivity index (χ3v) is 3.33. The predicted molar refractivity (Wildman–Crippen MR) is 82.1 cm³/mol. The van der Waals surface area contributed by atoms with E-state index in [0.717, 1.165) is 38.1 Å². The molecule has 0 aliphatic heterocycles. The van der Waals surface area contributed by atoms with Gasteiger partial charge in [0, 0.05) is 5.69 Å². The lowest BCUT2D eigenvalue weighted by atomic mass is 10.2. The molecular formula is C15H20ClF3N2O. The summed E-state index contributed by atoms with van der Waals surface area (Å²) in [6.07, 6.45) is -2.73. The SMILES string of the molecule is CCCN(CCC)CC(=O)Nc1ccc(Cl)c(C(F)(F)F)c1. The fraction of sp³-hybridized carbons (Fsp3) is 0.533. The molecule has 1 rings (SSSR count). The Morgan fingerprint density at radius 3 is 2.32 bits per heavy atom. The van der Waals surface area contributed by atoms with Crippen LogP contribution in [0.4, 0.5) is 18.9 Å². The number of amides is 1. The Kier molecular flexibility index (Phi) is 7.16. The van der Waals surface area contributed by atoms with Gasteiger partial charge in [0.25, 0.3) is 0 Å². The molecule has 0 saturated heterocycles. The molecule has 3 nitrogen and oxygen atoms in total. The highest BCUT2D eigenvalue weighted by Crippen LogP contribution is 2.36. The molecule has 0 heterocycles. The lowest BCUT2D eigenvalue weighted by Gasteiger charge is -2.20. The molecule has 0 spiro atoms. The molecule has 7 heteroatoms. The summed E-state index contributed by atoms with van der Waals surface area (Å²) in [6, 6.07) is 3.35. The summed E-state index contributed by atoms with van der Waals surface area (Å²) in [6.45, 7) is 5.72. The molecule has 0 radical (unpaired) electrons. The van der Waals surface area contributed by atoms with Crippen molar-refractivity contribution in [2.75, 3.05) is 25.0 Å². The fourth-order valence-corrected chi connectivity index (χ4v) is 2.35. The van der Waals surface area contributed by atoms with Gasteiger partial charge in [0.15, 0.2) is 0 Å². The van der Waals surface area contributed by atoms with Crippen LogP contribution in [-0.2, 0) is 11.0 Å². The standard InChI is InChI=1S/C15H20ClF3N2O/c1-3-7-21(8-4-2)10-14(22)20-11-5-6-13(16)12(9-11)15(17,18)19/h5-6,9H,3-4,7-8,10H2,1-2H3,(H,20,22). The number of hydrogen-bond acceptors (Lipinski definition) is 2. The predicted octanol–water partition coefficient (Wildman–Crippen LogP) is 4.42. The number of carbonyl (C=O) groups excluding carboxylic acids is 1. The van der Waals surface area contributed by atoms with Gasteiger partial charge in [0.2, 0.25) is 5.91 Å². The molecule has 0 saturated carbocycles. The second kappa shape index (κ2) is 8.39. The molecule has 0 bridgehead atoms. The minimum Gasteiger partial charge on any atom is -0.325 e. The first kappa shape index (κ1) is 18.8. The summed E-state index contributed by atoms with van der Waals surface area (Å²) in [5, 5.41) is 2.10. The van der Waals surface area contributed by atoms with E-state index in [1.807, 2.05) is 18.7 Å². The number of benzene rings is 1. The summed E-state index contributed by atoms with van der Waals surface area (Å²) < 4.78 is 38.3. The van der Waals surface area contributed by atoms with Gasteiger partial charge in [-0.2, -0.15) is 13.2 Å². The van der Waals surface area contributed by atoms with Gasteiger partial charge in [-0.05, 0) is 44.1 Å². The van der Waals surface area contributed by atoms with E-state index in [1.54, 1.807) is 0 Å². The molecule has 1 aromatic rings. The normalized spacial score (nSPS) is 11.8. The number of nitrogens with zero attached hydrogens (tertiary/aromatic N) is 1. The average molecular weight is 337 g/mol. The van der Waals surface area contributed by atoms with Gasteiger partial charge in [0.1, 0.15) is 0 Å². The molecule has 0 aromatic heterocycles. The minimum absolute atomic E-state index is 0.0923. The molecule has 0 aliphatic rings. The Morgan fingerprint density at radius 1 is 1.23 bits per heavy atom. The van der Waals surface area contributed by atoms with Crippen molar-refractivity contribution >= 4 is 23.2 Å². The molecule has 0 fully saturated rings. The van der Waals surface area contributed by atoms with Crippen molar-refractivity contribution in [2.24, 2.45) is 0 Å². The number of carbonyl (C=O) groups is 1. The van der Waals surface area contributed by atoms with Gasteiger partial charge < -0.3 is 5.32 Å². The monoisotopic (exact) mass is 336 g/mol. The largest absolute Gasteiger partial charge is 0.417 e. The maximum atomic E-state index is 12.8. The average Bonchev–Trinajstić information content (AvgIpc) is 2.40. The zero-order valence-electron chi connectivity index (χ0n) is 12.6. The van der Waals surface area contributed by atoms with Gasteiger partial charge >= 0.3 is 6.18 Å². The first-order valence-electron chi connectivity index (χ1n) is 7.16. The van der Waals surface area contributed by atoms with E-state index in [4.69, 9.17) is 11.6 Å². The van der Waals surface area contributed by atoms with E-state index in [-0.39, 0.29) is 23.2 Å². The summed E-state index contributed by atoms with van der Waals surface area (Å²) in [5.41, 5.74) is -0.861. The second-order valence-electron chi connectivity index (χ2n) is 5.02. The van der Waals surface area contributed by atoms with E-state index in [1.165, 1.54) is 6.07 Å². The van der Waals surface area contributed by atoms with Crippen LogP contribution in [-0.4, -0.2) is 30.4 Å². The molecular weight excluding hydrogens is 317 g/mol. The molecule has 0 unspecified atom stereocenters. The van der Waals surface area contributed by atoms with Crippen LogP contribution in [0.3, 0.4) is 0 Å². The molecule has 1 aromatic carbocycles. The highest BCUT2D eigenvalue weighted by molar-refractivity contribution is 6.31. The molecule has 124 valence electrons. The van der Waals surface area contributed by atoms with Crippen LogP contribution in [0.25, 0.3) is 0 Å². The van der Waals surface area contributed by atoms with E-state index >= 15 is 0 Å². The van der Waals surface area contributed by atoms with Gasteiger partial charge in [-0.25, -0.2) is 0 Å². The van der Waals surface area contributed by atoms with Crippen LogP contribution >= 0.6 is 11.6 Å². The Hall–Kier alpha value is -1.27. The van der Waals surface area contributed by atoms with Crippen molar-refractivity contribution in [2.45, 2.75) is 32.9 Å². The van der Waals surface area contributed by atoms with Crippen molar-refractivity contribution in [1.29, 1.82) is 0 Å². The maximum absolute atomic E-state index is 12.8. The number of rotatable bonds is 7. The van der Waals surface area contributed by atoms with Crippen molar-refractivity contribution in [1.82, 2.24) is 4.90 Å². The fourth-order valence-electron chi connectivity index (χ4n) is 2.13. The molecule has 0 aliphatic carbocycles. The van der Waals surface area contributed by atoms with Crippen molar-refractivity contribution in [3.05, 3.63) is 28.8 Å². The zero-order chi connectivity index (χ0) is 16.8. The van der Waals surface area contributed by atoms with Gasteiger partial charge in [-0.3, -0.25) is 9.69 Å². The summed E-state index contributed by atoms with van der Waals surface area (Å²) in [4.78, 5) is 13.9. The molecule has 22 heavy (non-hydrogen) atoms. The van der Waals surface area contributed by atoms with E-state index in [0.29, 0.717) is 0 Å². The summed E-state index contributed by atoms with van der Waals surface area (Å²) in [5.74, 6) is -0.336. The third kappa shape index (κ3) is 5.85. The highest BCUT2D eigenvalue weighted by atomic mass is 35.5. The highest BCUT2D eigenvalue weighted by Gasteiger charge is 2.33. The lowest BCUT2D eigenvalue weighted by molar-refractivity contribution is -0.137. The summed E-state index contributed by atoms with van der Waals surface area (Å²) >= 11 is 5.54.